The zero-order valence-corrected chi connectivity index (χ0v) is 15.3. The molecule has 1 heterocycles. The Hall–Kier alpha value is -1.58. The molecule has 0 fully saturated rings. The summed E-state index contributed by atoms with van der Waals surface area (Å²) in [5, 5.41) is 0.617. The molecule has 0 aromatic heterocycles. The first-order valence-corrected chi connectivity index (χ1v) is 8.88. The minimum atomic E-state index is -0.279. The highest BCUT2D eigenvalue weighted by Crippen LogP contribution is 2.28. The fourth-order valence-electron chi connectivity index (χ4n) is 3.02. The van der Waals surface area contributed by atoms with E-state index in [1.54, 1.807) is 12.1 Å². The smallest absolute Gasteiger partial charge is 0.132 e. The molecule has 0 saturated heterocycles. The SMILES string of the molecule is CC(C)C[C@@H]1N=C(c2ccccc2F)c2cc(Cl)ccc2CC1=S. The molecule has 24 heavy (non-hydrogen) atoms. The highest BCUT2D eigenvalue weighted by Gasteiger charge is 2.25. The van der Waals surface area contributed by atoms with Crippen molar-refractivity contribution in [2.45, 2.75) is 32.7 Å². The molecule has 2 aromatic carbocycles. The monoisotopic (exact) mass is 359 g/mol. The van der Waals surface area contributed by atoms with E-state index in [-0.39, 0.29) is 11.9 Å². The number of hydrogen-bond donors (Lipinski definition) is 0. The lowest BCUT2D eigenvalue weighted by Crippen LogP contribution is -2.20. The van der Waals surface area contributed by atoms with Crippen LogP contribution in [0.1, 0.15) is 37.0 Å². The maximum atomic E-state index is 14.4. The highest BCUT2D eigenvalue weighted by molar-refractivity contribution is 7.80. The Morgan fingerprint density at radius 2 is 1.96 bits per heavy atom. The molecule has 1 atom stereocenters. The van der Waals surface area contributed by atoms with Crippen LogP contribution in [0.2, 0.25) is 5.02 Å². The average Bonchev–Trinajstić information content (AvgIpc) is 2.65. The summed E-state index contributed by atoms with van der Waals surface area (Å²) < 4.78 is 14.4. The summed E-state index contributed by atoms with van der Waals surface area (Å²) in [6.45, 7) is 4.30. The quantitative estimate of drug-likeness (QED) is 0.644. The van der Waals surface area contributed by atoms with Crippen LogP contribution in [0.15, 0.2) is 47.5 Å². The van der Waals surface area contributed by atoms with Crippen molar-refractivity contribution in [3.63, 3.8) is 0 Å². The second kappa shape index (κ2) is 7.12. The topological polar surface area (TPSA) is 12.4 Å². The van der Waals surface area contributed by atoms with Crippen molar-refractivity contribution < 1.29 is 4.39 Å². The highest BCUT2D eigenvalue weighted by atomic mass is 35.5. The number of nitrogens with zero attached hydrogens (tertiary/aromatic N) is 1. The number of fused-ring (bicyclic) bond motifs is 1. The van der Waals surface area contributed by atoms with Gasteiger partial charge in [0.1, 0.15) is 5.82 Å². The summed E-state index contributed by atoms with van der Waals surface area (Å²) in [6, 6.07) is 12.3. The molecule has 124 valence electrons. The van der Waals surface area contributed by atoms with E-state index in [0.29, 0.717) is 28.6 Å². The maximum absolute atomic E-state index is 14.4. The molecule has 1 nitrogen and oxygen atoms in total. The second-order valence-corrected chi connectivity index (χ2v) is 7.51. The minimum Gasteiger partial charge on any atom is -0.275 e. The average molecular weight is 360 g/mol. The predicted octanol–water partition coefficient (Wildman–Crippen LogP) is 5.66. The lowest BCUT2D eigenvalue weighted by molar-refractivity contribution is 0.562. The minimum absolute atomic E-state index is 0.0826. The van der Waals surface area contributed by atoms with Crippen LogP contribution in [0.4, 0.5) is 4.39 Å². The zero-order chi connectivity index (χ0) is 17.3. The predicted molar refractivity (Wildman–Crippen MR) is 103 cm³/mol. The van der Waals surface area contributed by atoms with E-state index < -0.39 is 0 Å². The van der Waals surface area contributed by atoms with Crippen LogP contribution < -0.4 is 0 Å². The molecule has 0 N–H and O–H groups in total. The van der Waals surface area contributed by atoms with E-state index in [0.717, 1.165) is 22.4 Å². The third kappa shape index (κ3) is 3.57. The van der Waals surface area contributed by atoms with Crippen LogP contribution >= 0.6 is 23.8 Å². The third-order valence-corrected chi connectivity index (χ3v) is 4.82. The summed E-state index contributed by atoms with van der Waals surface area (Å²) >= 11 is 11.8. The van der Waals surface area contributed by atoms with Crippen LogP contribution in [-0.4, -0.2) is 16.6 Å². The Balaban J connectivity index is 2.21. The number of benzene rings is 2. The van der Waals surface area contributed by atoms with Crippen molar-refractivity contribution in [1.82, 2.24) is 0 Å². The third-order valence-electron chi connectivity index (χ3n) is 4.17. The number of aliphatic imine (C=N–C) groups is 1. The van der Waals surface area contributed by atoms with Gasteiger partial charge in [0.2, 0.25) is 0 Å². The first kappa shape index (κ1) is 17.2. The number of thiocarbonyl (C=S) groups is 1. The van der Waals surface area contributed by atoms with E-state index >= 15 is 0 Å². The summed E-state index contributed by atoms with van der Waals surface area (Å²) in [5.74, 6) is 0.182. The molecular formula is C20H19ClFNS. The van der Waals surface area contributed by atoms with Gasteiger partial charge in [-0.25, -0.2) is 4.39 Å². The van der Waals surface area contributed by atoms with Crippen molar-refractivity contribution in [2.75, 3.05) is 0 Å². The van der Waals surface area contributed by atoms with Gasteiger partial charge in [-0.1, -0.05) is 55.9 Å². The van der Waals surface area contributed by atoms with Crippen molar-refractivity contribution in [3.8, 4) is 0 Å². The van der Waals surface area contributed by atoms with Gasteiger partial charge in [-0.2, -0.15) is 0 Å². The van der Waals surface area contributed by atoms with Gasteiger partial charge in [0.05, 0.1) is 11.8 Å². The molecule has 0 radical (unpaired) electrons. The lowest BCUT2D eigenvalue weighted by atomic mass is 9.95. The summed E-state index contributed by atoms with van der Waals surface area (Å²) in [4.78, 5) is 5.79. The van der Waals surface area contributed by atoms with Gasteiger partial charge < -0.3 is 0 Å². The molecule has 4 heteroatoms. The Morgan fingerprint density at radius 1 is 1.21 bits per heavy atom. The van der Waals surface area contributed by atoms with Crippen LogP contribution in [0.3, 0.4) is 0 Å². The molecule has 0 aliphatic carbocycles. The fourth-order valence-corrected chi connectivity index (χ4v) is 3.50. The van der Waals surface area contributed by atoms with E-state index in [4.69, 9.17) is 28.8 Å². The molecule has 1 aliphatic heterocycles. The van der Waals surface area contributed by atoms with E-state index in [9.17, 15) is 4.39 Å². The van der Waals surface area contributed by atoms with Gasteiger partial charge >= 0.3 is 0 Å². The van der Waals surface area contributed by atoms with Crippen LogP contribution in [-0.2, 0) is 6.42 Å². The molecule has 0 saturated carbocycles. The van der Waals surface area contributed by atoms with Gasteiger partial charge in [0, 0.05) is 27.4 Å². The number of rotatable bonds is 3. The largest absolute Gasteiger partial charge is 0.275 e. The van der Waals surface area contributed by atoms with Gasteiger partial charge in [-0.05, 0) is 42.2 Å². The molecule has 1 aliphatic rings. The van der Waals surface area contributed by atoms with Crippen LogP contribution in [0.5, 0.6) is 0 Å². The van der Waals surface area contributed by atoms with Gasteiger partial charge in [-0.15, -0.1) is 0 Å². The summed E-state index contributed by atoms with van der Waals surface area (Å²) in [6.07, 6.45) is 1.53. The van der Waals surface area contributed by atoms with Gasteiger partial charge in [0.25, 0.3) is 0 Å². The van der Waals surface area contributed by atoms with E-state index in [1.165, 1.54) is 6.07 Å². The lowest BCUT2D eigenvalue weighted by Gasteiger charge is -2.15. The standard InChI is InChI=1S/C20H19ClFNS/c1-12(2)9-18-19(24)10-13-7-8-14(21)11-16(13)20(23-18)15-5-3-4-6-17(15)22/h3-8,11-12,18H,9-10H2,1-2H3/t18-/m0/s1. The Morgan fingerprint density at radius 3 is 2.67 bits per heavy atom. The van der Waals surface area contributed by atoms with Crippen molar-refractivity contribution in [1.29, 1.82) is 0 Å². The first-order valence-electron chi connectivity index (χ1n) is 8.10. The first-order chi connectivity index (χ1) is 11.5. The molecule has 0 amide bonds. The van der Waals surface area contributed by atoms with Crippen molar-refractivity contribution in [2.24, 2.45) is 10.9 Å². The van der Waals surface area contributed by atoms with Gasteiger partial charge in [0.15, 0.2) is 0 Å². The Kier molecular flexibility index (Phi) is 5.12. The number of halogens is 2. The van der Waals surface area contributed by atoms with E-state index in [1.807, 2.05) is 24.3 Å². The van der Waals surface area contributed by atoms with Crippen molar-refractivity contribution in [3.05, 3.63) is 70.0 Å². The van der Waals surface area contributed by atoms with Crippen LogP contribution in [0, 0.1) is 11.7 Å². The van der Waals surface area contributed by atoms with Gasteiger partial charge in [-0.3, -0.25) is 4.99 Å². The molecule has 3 rings (SSSR count). The molecule has 0 bridgehead atoms. The van der Waals surface area contributed by atoms with E-state index in [2.05, 4.69) is 13.8 Å². The van der Waals surface area contributed by atoms with Crippen molar-refractivity contribution >= 4 is 34.4 Å². The van der Waals surface area contributed by atoms with Crippen LogP contribution in [0.25, 0.3) is 0 Å². The second-order valence-electron chi connectivity index (χ2n) is 6.55. The Labute approximate surface area is 152 Å². The summed E-state index contributed by atoms with van der Waals surface area (Å²) in [7, 11) is 0. The Bertz CT molecular complexity index is 813. The molecule has 0 unspecified atom stereocenters. The summed E-state index contributed by atoms with van der Waals surface area (Å²) in [5.41, 5.74) is 3.08. The molecule has 0 spiro atoms. The fraction of sp³-hybridized carbons (Fsp3) is 0.300. The zero-order valence-electron chi connectivity index (χ0n) is 13.7. The number of hydrogen-bond acceptors (Lipinski definition) is 2. The molecule has 2 aromatic rings. The normalized spacial score (nSPS) is 17.5. The molecular weight excluding hydrogens is 341 g/mol. The maximum Gasteiger partial charge on any atom is 0.132 e.